The molecule has 2 fully saturated rings. The molecule has 3 aliphatic rings. The van der Waals surface area contributed by atoms with Crippen LogP contribution in [0.2, 0.25) is 0 Å². The Hall–Kier alpha value is -2.71. The first-order chi connectivity index (χ1) is 16.1. The van der Waals surface area contributed by atoms with Gasteiger partial charge in [-0.05, 0) is 44.9 Å². The first-order valence-electron chi connectivity index (χ1n) is 12.4. The van der Waals surface area contributed by atoms with Gasteiger partial charge in [-0.3, -0.25) is 28.9 Å². The third kappa shape index (κ3) is 5.50. The fraction of sp³-hybridized carbons (Fsp3) is 0.720. The molecular weight excluding hydrogens is 438 g/mol. The lowest BCUT2D eigenvalue weighted by Crippen LogP contribution is -2.53. The fourth-order valence-electron chi connectivity index (χ4n) is 5.16. The molecule has 3 atom stereocenters. The largest absolute Gasteiger partial charge is 0.466 e. The Morgan fingerprint density at radius 1 is 1.06 bits per heavy atom. The summed E-state index contributed by atoms with van der Waals surface area (Å²) < 4.78 is 5.07. The molecule has 0 bridgehead atoms. The van der Waals surface area contributed by atoms with Crippen molar-refractivity contribution in [2.75, 3.05) is 33.3 Å². The van der Waals surface area contributed by atoms with Gasteiger partial charge in [0, 0.05) is 20.1 Å². The van der Waals surface area contributed by atoms with Crippen LogP contribution in [0.4, 0.5) is 0 Å². The molecule has 0 saturated carbocycles. The molecule has 2 aliphatic heterocycles. The number of piperidine rings is 1. The Labute approximate surface area is 201 Å². The van der Waals surface area contributed by atoms with E-state index in [4.69, 9.17) is 4.74 Å². The SMILES string of the molecule is CCOC(=O)C1CCN(C(=O)CN(C)C(=O)C(CC(C)C)N2C(=O)C3CC=CCC3C2=O)CC1. The molecule has 2 heterocycles. The first-order valence-corrected chi connectivity index (χ1v) is 12.4. The second-order valence-electron chi connectivity index (χ2n) is 9.95. The number of imide groups is 1. The molecule has 0 radical (unpaired) electrons. The molecule has 2 saturated heterocycles. The van der Waals surface area contributed by atoms with Crippen molar-refractivity contribution in [3.8, 4) is 0 Å². The van der Waals surface area contributed by atoms with Gasteiger partial charge in [0.15, 0.2) is 0 Å². The van der Waals surface area contributed by atoms with E-state index < -0.39 is 23.8 Å². The highest BCUT2D eigenvalue weighted by atomic mass is 16.5. The molecule has 9 heteroatoms. The van der Waals surface area contributed by atoms with E-state index in [0.29, 0.717) is 51.8 Å². The standard InChI is InChI=1S/C25H37N3O6/c1-5-34-25(33)17-10-12-27(13-11-17)21(29)15-26(4)24(32)20(14-16(2)3)28-22(30)18-8-6-7-9-19(18)23(28)31/h6-7,16-20H,5,8-15H2,1-4H3. The van der Waals surface area contributed by atoms with Crippen LogP contribution in [0.15, 0.2) is 12.2 Å². The Morgan fingerprint density at radius 2 is 1.62 bits per heavy atom. The third-order valence-electron chi connectivity index (χ3n) is 7.05. The minimum absolute atomic E-state index is 0.0845. The van der Waals surface area contributed by atoms with Crippen molar-refractivity contribution in [2.45, 2.75) is 58.9 Å². The van der Waals surface area contributed by atoms with E-state index >= 15 is 0 Å². The first kappa shape index (κ1) is 25.9. The van der Waals surface area contributed by atoms with Crippen molar-refractivity contribution >= 4 is 29.6 Å². The van der Waals surface area contributed by atoms with Crippen LogP contribution < -0.4 is 0 Å². The Morgan fingerprint density at radius 3 is 2.12 bits per heavy atom. The smallest absolute Gasteiger partial charge is 0.309 e. The molecule has 3 unspecified atom stereocenters. The van der Waals surface area contributed by atoms with Crippen LogP contribution in [-0.2, 0) is 28.7 Å². The summed E-state index contributed by atoms with van der Waals surface area (Å²) in [5.41, 5.74) is 0. The van der Waals surface area contributed by atoms with E-state index in [0.717, 1.165) is 0 Å². The number of allylic oxidation sites excluding steroid dienone is 2. The monoisotopic (exact) mass is 475 g/mol. The van der Waals surface area contributed by atoms with Crippen molar-refractivity contribution in [2.24, 2.45) is 23.7 Å². The second kappa shape index (κ2) is 11.1. The zero-order valence-corrected chi connectivity index (χ0v) is 20.7. The molecule has 34 heavy (non-hydrogen) atoms. The molecule has 0 aromatic heterocycles. The average molecular weight is 476 g/mol. The summed E-state index contributed by atoms with van der Waals surface area (Å²) in [5.74, 6) is -2.30. The summed E-state index contributed by atoms with van der Waals surface area (Å²) in [7, 11) is 1.54. The number of esters is 1. The zero-order chi connectivity index (χ0) is 25.0. The van der Waals surface area contributed by atoms with Gasteiger partial charge < -0.3 is 14.5 Å². The summed E-state index contributed by atoms with van der Waals surface area (Å²) in [5, 5.41) is 0. The molecular formula is C25H37N3O6. The number of carbonyl (C=O) groups is 5. The van der Waals surface area contributed by atoms with Gasteiger partial charge in [0.1, 0.15) is 6.04 Å². The Balaban J connectivity index is 1.64. The van der Waals surface area contributed by atoms with Gasteiger partial charge in [-0.15, -0.1) is 0 Å². The molecule has 0 aromatic carbocycles. The van der Waals surface area contributed by atoms with E-state index in [1.165, 1.54) is 9.80 Å². The molecule has 4 amide bonds. The van der Waals surface area contributed by atoms with Gasteiger partial charge in [-0.25, -0.2) is 0 Å². The van der Waals surface area contributed by atoms with Gasteiger partial charge in [0.2, 0.25) is 23.6 Å². The lowest BCUT2D eigenvalue weighted by atomic mass is 9.85. The molecule has 0 aromatic rings. The number of rotatable bonds is 8. The maximum Gasteiger partial charge on any atom is 0.309 e. The van der Waals surface area contributed by atoms with E-state index in [1.807, 2.05) is 26.0 Å². The molecule has 0 spiro atoms. The lowest BCUT2D eigenvalue weighted by molar-refractivity contribution is -0.154. The van der Waals surface area contributed by atoms with Gasteiger partial charge in [-0.2, -0.15) is 0 Å². The van der Waals surface area contributed by atoms with Crippen molar-refractivity contribution in [3.63, 3.8) is 0 Å². The zero-order valence-electron chi connectivity index (χ0n) is 20.7. The molecule has 1 aliphatic carbocycles. The van der Waals surface area contributed by atoms with E-state index in [9.17, 15) is 24.0 Å². The topological polar surface area (TPSA) is 104 Å². The number of likely N-dealkylation sites (tertiary alicyclic amines) is 2. The van der Waals surface area contributed by atoms with Crippen LogP contribution in [0.3, 0.4) is 0 Å². The van der Waals surface area contributed by atoms with Gasteiger partial charge in [0.05, 0.1) is 30.9 Å². The predicted molar refractivity (Wildman–Crippen MR) is 124 cm³/mol. The fourth-order valence-corrected chi connectivity index (χ4v) is 5.16. The minimum atomic E-state index is -0.905. The summed E-state index contributed by atoms with van der Waals surface area (Å²) >= 11 is 0. The highest BCUT2D eigenvalue weighted by molar-refractivity contribution is 6.08. The van der Waals surface area contributed by atoms with Crippen LogP contribution in [0, 0.1) is 23.7 Å². The number of carbonyl (C=O) groups excluding carboxylic acids is 5. The van der Waals surface area contributed by atoms with Crippen molar-refractivity contribution in [3.05, 3.63) is 12.2 Å². The average Bonchev–Trinajstić information content (AvgIpc) is 3.07. The van der Waals surface area contributed by atoms with Gasteiger partial charge in [-0.1, -0.05) is 26.0 Å². The lowest BCUT2D eigenvalue weighted by Gasteiger charge is -2.34. The number of ether oxygens (including phenoxy) is 1. The molecule has 188 valence electrons. The van der Waals surface area contributed by atoms with E-state index in [-0.39, 0.29) is 42.1 Å². The normalized spacial score (nSPS) is 23.8. The van der Waals surface area contributed by atoms with E-state index in [1.54, 1.807) is 18.9 Å². The minimum Gasteiger partial charge on any atom is -0.466 e. The Bertz CT molecular complexity index is 820. The number of amides is 4. The second-order valence-corrected chi connectivity index (χ2v) is 9.95. The van der Waals surface area contributed by atoms with Crippen molar-refractivity contribution < 1.29 is 28.7 Å². The highest BCUT2D eigenvalue weighted by Gasteiger charge is 2.51. The Kier molecular flexibility index (Phi) is 8.49. The van der Waals surface area contributed by atoms with Crippen LogP contribution in [0.1, 0.15) is 52.9 Å². The van der Waals surface area contributed by atoms with Crippen LogP contribution in [-0.4, -0.2) is 83.6 Å². The van der Waals surface area contributed by atoms with E-state index in [2.05, 4.69) is 0 Å². The van der Waals surface area contributed by atoms with Crippen molar-refractivity contribution in [1.29, 1.82) is 0 Å². The number of hydrogen-bond donors (Lipinski definition) is 0. The van der Waals surface area contributed by atoms with Crippen LogP contribution >= 0.6 is 0 Å². The third-order valence-corrected chi connectivity index (χ3v) is 7.05. The molecule has 0 N–H and O–H groups in total. The summed E-state index contributed by atoms with van der Waals surface area (Å²) in [6.45, 7) is 6.71. The maximum absolute atomic E-state index is 13.4. The molecule has 9 nitrogen and oxygen atoms in total. The predicted octanol–water partition coefficient (Wildman–Crippen LogP) is 1.61. The van der Waals surface area contributed by atoms with Crippen LogP contribution in [0.5, 0.6) is 0 Å². The summed E-state index contributed by atoms with van der Waals surface area (Å²) in [4.78, 5) is 68.6. The number of nitrogens with zero attached hydrogens (tertiary/aromatic N) is 3. The quantitative estimate of drug-likeness (QED) is 0.300. The van der Waals surface area contributed by atoms with Crippen molar-refractivity contribution in [1.82, 2.24) is 14.7 Å². The van der Waals surface area contributed by atoms with Crippen LogP contribution in [0.25, 0.3) is 0 Å². The highest BCUT2D eigenvalue weighted by Crippen LogP contribution is 2.37. The molecule has 3 rings (SSSR count). The number of hydrogen-bond acceptors (Lipinski definition) is 6. The van der Waals surface area contributed by atoms with Gasteiger partial charge in [0.25, 0.3) is 0 Å². The summed E-state index contributed by atoms with van der Waals surface area (Å²) in [6, 6.07) is -0.905. The number of fused-ring (bicyclic) bond motifs is 1. The number of likely N-dealkylation sites (N-methyl/N-ethyl adjacent to an activating group) is 1. The maximum atomic E-state index is 13.4. The summed E-state index contributed by atoms with van der Waals surface area (Å²) in [6.07, 6.45) is 6.30. The van der Waals surface area contributed by atoms with Gasteiger partial charge >= 0.3 is 5.97 Å².